The minimum atomic E-state index is -0.397. The third kappa shape index (κ3) is 23.4. The number of amides is 5. The van der Waals surface area contributed by atoms with Crippen molar-refractivity contribution in [3.05, 3.63) is 189 Å². The normalized spacial score (nSPS) is 17.7. The number of nitrogens with one attached hydrogen (secondary N) is 10. The second-order valence-corrected chi connectivity index (χ2v) is 40.5. The molecule has 19 heterocycles. The molecule has 0 bridgehead atoms. The fraction of sp³-hybridized carbons (Fsp3) is 0.423. The number of carbonyl (C=O) groups is 5. The Labute approximate surface area is 844 Å². The van der Waals surface area contributed by atoms with Crippen LogP contribution in [-0.2, 0) is 18.3 Å². The first kappa shape index (κ1) is 100. The highest BCUT2D eigenvalue weighted by Gasteiger charge is 2.35. The molecule has 6 aliphatic rings. The lowest BCUT2D eigenvalue weighted by atomic mass is 9.93. The van der Waals surface area contributed by atoms with Crippen molar-refractivity contribution in [2.75, 3.05) is 117 Å². The number of nitrogens with zero attached hydrogens (tertiary/aromatic N) is 18. The molecule has 14 N–H and O–H groups in total. The first-order valence-corrected chi connectivity index (χ1v) is 51.5. The average Bonchev–Trinajstić information content (AvgIpc) is 1.68. The first-order valence-electron chi connectivity index (χ1n) is 47.6. The number of halogens is 5. The second-order valence-electron chi connectivity index (χ2n) is 36.3. The predicted octanol–water partition coefficient (Wildman–Crippen LogP) is 17.5. The van der Waals surface area contributed by atoms with E-state index < -0.39 is 5.91 Å². The van der Waals surface area contributed by atoms with Crippen molar-refractivity contribution in [2.24, 2.45) is 42.2 Å². The summed E-state index contributed by atoms with van der Waals surface area (Å²) in [6.45, 7) is 21.8. The Bertz CT molecular complexity index is 6890. The van der Waals surface area contributed by atoms with Crippen LogP contribution in [0.1, 0.15) is 198 Å². The Balaban J connectivity index is 0.000000126. The summed E-state index contributed by atoms with van der Waals surface area (Å²) < 4.78 is 6.97. The van der Waals surface area contributed by atoms with E-state index in [1.807, 2.05) is 39.4 Å². The number of hydrogen-bond donors (Lipinski definition) is 12. The van der Waals surface area contributed by atoms with Crippen molar-refractivity contribution in [3.63, 3.8) is 0 Å². The number of piperidine rings is 5. The molecule has 0 aromatic carbocycles. The summed E-state index contributed by atoms with van der Waals surface area (Å²) in [7, 11) is 1.52. The standard InChI is InChI=1S/C20H24BrN7O2.C20H23BrN6O2.C19H22BrN7O.C19H21BrN6O.C19H25BrN4O/c1-11(2)28-16(29)6-5-14(26-28)20(30)25-15-9-24-19-17(15)18(13(21)8-23-19)27-7-3-4-12(22)10-27;1-3-12-5-4-8-27(11-12)18-13(21)9-22-19-17(18)15(10-23-19)24-20(29)14-6-7-16(28)26(2)25-14;1-2-11-6-22-18(23-7-11)19(28)26-14-9-25-17-15(14)16(13(20)8-24-17)27-5-3-4-12(21)10-27;1-2-12-5-3-8-26(11-12)16-13(20)9-23-17-15(16)14(10-24-17)25-19(27)18-21-6-4-7-22-18;1-2-4-12-5-3-8-24(11-12)17-14(20)9-21-18-16(17)15(10-22-18)23-19(25)13-6-7-13/h5-6,8-9,11-12H,3-4,7,10,22H2,1-2H3,(H,23,24)(H,25,30);6-7,9-10,12H,3-5,8,11H2,1-2H3,(H,22,23)(H,24,29);6-9,12H,2-5,10,21H2,1H3,(H,24,25)(H,26,28);4,6-7,9-10,12H,2-3,5,8,11H2,1H3,(H,23,24)(H,25,27);9-10,12-13H,2-8,11H2,1H3,(H,21,22)(H,23,25)/t5*12-/m11111/s1. The smallest absolute Gasteiger partial charge is 0.293 e. The number of pyridine rings is 5. The van der Waals surface area contributed by atoms with Gasteiger partial charge in [-0.3, -0.25) is 33.6 Å². The van der Waals surface area contributed by atoms with Gasteiger partial charge in [0.15, 0.2) is 0 Å². The van der Waals surface area contributed by atoms with Gasteiger partial charge in [-0.1, -0.05) is 47.0 Å². The zero-order valence-electron chi connectivity index (χ0n) is 78.6. The molecule has 1 aliphatic carbocycles. The zero-order chi connectivity index (χ0) is 97.8. The molecule has 0 spiro atoms. The van der Waals surface area contributed by atoms with Crippen molar-refractivity contribution in [2.45, 2.75) is 169 Å². The Kier molecular flexibility index (Phi) is 32.8. The highest BCUT2D eigenvalue weighted by molar-refractivity contribution is 9.11. The number of fused-ring (bicyclic) bond motifs is 5. The van der Waals surface area contributed by atoms with Crippen molar-refractivity contribution < 1.29 is 24.0 Å². The fourth-order valence-electron chi connectivity index (χ4n) is 18.8. The topological polar surface area (TPSA) is 478 Å². The third-order valence-electron chi connectivity index (χ3n) is 26.1. The highest BCUT2D eigenvalue weighted by Crippen LogP contribution is 2.47. The number of rotatable bonds is 21. The van der Waals surface area contributed by atoms with Gasteiger partial charge in [-0.25, -0.2) is 54.2 Å². The number of aromatic amines is 5. The van der Waals surface area contributed by atoms with E-state index in [0.29, 0.717) is 51.5 Å². The van der Waals surface area contributed by atoms with Gasteiger partial charge in [0.05, 0.1) is 112 Å². The number of aryl methyl sites for hydroxylation is 2. The van der Waals surface area contributed by atoms with E-state index in [1.165, 1.54) is 87.4 Å². The van der Waals surface area contributed by atoms with Gasteiger partial charge in [-0.15, -0.1) is 0 Å². The molecule has 6 fully saturated rings. The average molecular weight is 2210 g/mol. The number of H-pyrrole nitrogens is 5. The molecule has 20 rings (SSSR count). The Morgan fingerprint density at radius 2 is 0.748 bits per heavy atom. The lowest BCUT2D eigenvalue weighted by Crippen LogP contribution is -2.43. The lowest BCUT2D eigenvalue weighted by Gasteiger charge is -2.35. The van der Waals surface area contributed by atoms with E-state index in [4.69, 9.17) is 11.5 Å². The molecule has 14 aromatic heterocycles. The molecule has 14 aromatic rings. The van der Waals surface area contributed by atoms with E-state index in [2.05, 4.69) is 231 Å². The molecular formula is C97H115Br5N30O7. The molecule has 1 saturated carbocycles. The van der Waals surface area contributed by atoms with Crippen LogP contribution in [0.2, 0.25) is 0 Å². The summed E-state index contributed by atoms with van der Waals surface area (Å²) in [5, 5.41) is 27.5. The maximum atomic E-state index is 12.9. The van der Waals surface area contributed by atoms with E-state index in [-0.39, 0.29) is 81.8 Å². The fourth-order valence-corrected chi connectivity index (χ4v) is 21.5. The monoisotopic (exact) mass is 2210 g/mol. The summed E-state index contributed by atoms with van der Waals surface area (Å²) in [6, 6.07) is 7.33. The molecule has 42 heteroatoms. The van der Waals surface area contributed by atoms with Crippen molar-refractivity contribution in [1.82, 2.24) is 89.3 Å². The van der Waals surface area contributed by atoms with Crippen LogP contribution in [0, 0.1) is 23.7 Å². The molecule has 5 atom stereocenters. The molecule has 730 valence electrons. The Morgan fingerprint density at radius 3 is 1.10 bits per heavy atom. The number of nitrogens with two attached hydrogens (primary N) is 2. The van der Waals surface area contributed by atoms with Gasteiger partial charge in [0.1, 0.15) is 39.6 Å². The van der Waals surface area contributed by atoms with Crippen molar-refractivity contribution in [3.8, 4) is 0 Å². The summed E-state index contributed by atoms with van der Waals surface area (Å²) in [5.41, 5.74) is 25.5. The second kappa shape index (κ2) is 45.5. The molecule has 5 amide bonds. The maximum absolute atomic E-state index is 12.9. The lowest BCUT2D eigenvalue weighted by molar-refractivity contribution is -0.117. The molecule has 5 saturated heterocycles. The summed E-state index contributed by atoms with van der Waals surface area (Å²) in [5.74, 6) is 1.22. The van der Waals surface area contributed by atoms with E-state index >= 15 is 0 Å². The molecule has 0 unspecified atom stereocenters. The van der Waals surface area contributed by atoms with Gasteiger partial charge in [0.25, 0.3) is 34.7 Å². The number of carbonyl (C=O) groups excluding carboxylic acids is 5. The van der Waals surface area contributed by atoms with Gasteiger partial charge in [0.2, 0.25) is 17.6 Å². The Morgan fingerprint density at radius 1 is 0.410 bits per heavy atom. The third-order valence-corrected chi connectivity index (χ3v) is 29.0. The maximum Gasteiger partial charge on any atom is 0.293 e. The summed E-state index contributed by atoms with van der Waals surface area (Å²) in [4.78, 5) is 153. The zero-order valence-corrected chi connectivity index (χ0v) is 86.5. The number of aromatic nitrogens is 18. The van der Waals surface area contributed by atoms with Crippen LogP contribution >= 0.6 is 79.6 Å². The van der Waals surface area contributed by atoms with Crippen LogP contribution in [-0.4, -0.2) is 196 Å². The van der Waals surface area contributed by atoms with Crippen LogP contribution in [0.5, 0.6) is 0 Å². The van der Waals surface area contributed by atoms with Crippen LogP contribution in [0.25, 0.3) is 55.2 Å². The van der Waals surface area contributed by atoms with Crippen LogP contribution in [0.15, 0.2) is 149 Å². The van der Waals surface area contributed by atoms with Gasteiger partial charge < -0.3 is 87.5 Å². The van der Waals surface area contributed by atoms with Crippen LogP contribution < -0.4 is 73.7 Å². The number of hydrogen-bond acceptors (Lipinski definition) is 25. The van der Waals surface area contributed by atoms with Crippen LogP contribution in [0.3, 0.4) is 0 Å². The van der Waals surface area contributed by atoms with E-state index in [1.54, 1.807) is 74.2 Å². The first-order chi connectivity index (χ1) is 67.2. The predicted molar refractivity (Wildman–Crippen MR) is 563 cm³/mol. The van der Waals surface area contributed by atoms with Gasteiger partial charge >= 0.3 is 0 Å². The quantitative estimate of drug-likeness (QED) is 0.0318. The highest BCUT2D eigenvalue weighted by atomic mass is 79.9. The molecule has 139 heavy (non-hydrogen) atoms. The van der Waals surface area contributed by atoms with Crippen molar-refractivity contribution in [1.29, 1.82) is 0 Å². The number of anilines is 10. The van der Waals surface area contributed by atoms with Gasteiger partial charge in [0, 0.05) is 189 Å². The largest absolute Gasteiger partial charge is 0.370 e. The molecule has 37 nitrogen and oxygen atoms in total. The Hall–Kier alpha value is -12.0. The van der Waals surface area contributed by atoms with Gasteiger partial charge in [-0.05, 0) is 225 Å². The van der Waals surface area contributed by atoms with E-state index in [0.717, 1.165) is 234 Å². The van der Waals surface area contributed by atoms with E-state index in [9.17, 15) is 33.6 Å². The molecule has 5 aliphatic heterocycles. The van der Waals surface area contributed by atoms with Crippen molar-refractivity contribution >= 4 is 221 Å². The SMILES string of the molecule is CC(C)n1nc(C(=O)Nc2c[nH]c3ncc(Br)c(N4CCC[C@@H](N)C4)c23)ccc1=O.CCC[C@@H]1CCCN(c2c(Br)cnc3[nH]cc(NC(=O)C4CC4)c23)C1.CC[C@@H]1CCCN(c2c(Br)cnc3[nH]cc(NC(=O)c4ccc(=O)n(C)n4)c23)C1.CC[C@@H]1CCCN(c2c(Br)cnc3[nH]cc(NC(=O)c4ncccn4)c23)C1.CCc1cnc(C(=O)Nc2c[nH]c3ncc(Br)c(N4CCC[C@@H](N)C4)c23)nc1. The summed E-state index contributed by atoms with van der Waals surface area (Å²) in [6.07, 6.45) is 43.4. The van der Waals surface area contributed by atoms with Gasteiger partial charge in [-0.2, -0.15) is 10.2 Å². The molecule has 0 radical (unpaired) electrons. The molecular weight excluding hydrogens is 2100 g/mol. The minimum absolute atomic E-state index is 0.104. The van der Waals surface area contributed by atoms with Crippen LogP contribution in [0.4, 0.5) is 56.9 Å². The minimum Gasteiger partial charge on any atom is -0.370 e. The summed E-state index contributed by atoms with van der Waals surface area (Å²) >= 11 is 18.3.